The molecule has 98 valence electrons. The smallest absolute Gasteiger partial charge is 0.333 e. The number of esters is 1. The molecule has 2 aromatic carbocycles. The predicted molar refractivity (Wildman–Crippen MR) is 74.5 cm³/mol. The maximum Gasteiger partial charge on any atom is 0.333 e. The Balaban J connectivity index is 2.29. The van der Waals surface area contributed by atoms with E-state index < -0.39 is 5.97 Å². The van der Waals surface area contributed by atoms with E-state index in [4.69, 9.17) is 4.74 Å². The zero-order chi connectivity index (χ0) is 13.8. The highest BCUT2D eigenvalue weighted by Crippen LogP contribution is 2.22. The first-order chi connectivity index (χ1) is 9.11. The number of aliphatic hydroxyl groups is 1. The molecule has 0 aromatic heterocycles. The summed E-state index contributed by atoms with van der Waals surface area (Å²) in [6.07, 6.45) is 0. The summed E-state index contributed by atoms with van der Waals surface area (Å²) < 4.78 is 5.12. The van der Waals surface area contributed by atoms with E-state index in [0.717, 1.165) is 21.9 Å². The average molecular weight is 256 g/mol. The molecule has 0 spiro atoms. The number of ether oxygens (including phenoxy) is 1. The van der Waals surface area contributed by atoms with E-state index in [0.29, 0.717) is 5.57 Å². The van der Waals surface area contributed by atoms with E-state index in [1.807, 2.05) is 36.4 Å². The van der Waals surface area contributed by atoms with Crippen molar-refractivity contribution in [1.82, 2.24) is 0 Å². The van der Waals surface area contributed by atoms with E-state index in [-0.39, 0.29) is 13.2 Å². The summed E-state index contributed by atoms with van der Waals surface area (Å²) in [5, 5.41) is 11.4. The lowest BCUT2D eigenvalue weighted by molar-refractivity contribution is -0.140. The molecule has 3 heteroatoms. The summed E-state index contributed by atoms with van der Waals surface area (Å²) in [4.78, 5) is 11.4. The molecular formula is C16H16O3. The van der Waals surface area contributed by atoms with E-state index >= 15 is 0 Å². The first-order valence-electron chi connectivity index (χ1n) is 6.06. The number of carbonyl (C=O) groups excluding carboxylic acids is 1. The fraction of sp³-hybridized carbons (Fsp3) is 0.188. The Bertz CT molecular complexity index is 629. The van der Waals surface area contributed by atoms with Crippen LogP contribution in [0.5, 0.6) is 0 Å². The van der Waals surface area contributed by atoms with Crippen LogP contribution in [0.4, 0.5) is 0 Å². The van der Waals surface area contributed by atoms with Crippen molar-refractivity contribution in [2.75, 3.05) is 0 Å². The van der Waals surface area contributed by atoms with Crippen LogP contribution < -0.4 is 0 Å². The zero-order valence-corrected chi connectivity index (χ0v) is 10.8. The van der Waals surface area contributed by atoms with Crippen LogP contribution >= 0.6 is 0 Å². The first kappa shape index (κ1) is 13.3. The maximum absolute atomic E-state index is 11.4. The van der Waals surface area contributed by atoms with Gasteiger partial charge in [0.2, 0.25) is 0 Å². The van der Waals surface area contributed by atoms with Crippen LogP contribution in [-0.4, -0.2) is 11.1 Å². The maximum atomic E-state index is 11.4. The van der Waals surface area contributed by atoms with Crippen molar-refractivity contribution in [3.63, 3.8) is 0 Å². The average Bonchev–Trinajstić information content (AvgIpc) is 2.43. The number of aliphatic hydroxyl groups excluding tert-OH is 1. The minimum absolute atomic E-state index is 0.0389. The van der Waals surface area contributed by atoms with E-state index in [2.05, 4.69) is 6.58 Å². The lowest BCUT2D eigenvalue weighted by Crippen LogP contribution is -2.05. The predicted octanol–water partition coefficient (Wildman–Crippen LogP) is 2.95. The number of hydrogen-bond donors (Lipinski definition) is 1. The summed E-state index contributed by atoms with van der Waals surface area (Å²) in [7, 11) is 0. The second-order valence-corrected chi connectivity index (χ2v) is 4.49. The van der Waals surface area contributed by atoms with Crippen molar-refractivity contribution in [1.29, 1.82) is 0 Å². The summed E-state index contributed by atoms with van der Waals surface area (Å²) in [6, 6.07) is 11.6. The lowest BCUT2D eigenvalue weighted by atomic mass is 10.0. The molecule has 2 rings (SSSR count). The molecule has 0 fully saturated rings. The van der Waals surface area contributed by atoms with Crippen LogP contribution in [0.25, 0.3) is 10.8 Å². The van der Waals surface area contributed by atoms with Gasteiger partial charge in [0.1, 0.15) is 6.61 Å². The van der Waals surface area contributed by atoms with E-state index in [9.17, 15) is 9.90 Å². The van der Waals surface area contributed by atoms with Gasteiger partial charge in [-0.05, 0) is 41.0 Å². The molecule has 0 aliphatic rings. The van der Waals surface area contributed by atoms with Crippen LogP contribution in [0, 0.1) is 0 Å². The van der Waals surface area contributed by atoms with Crippen LogP contribution in [-0.2, 0) is 22.7 Å². The van der Waals surface area contributed by atoms with Crippen molar-refractivity contribution < 1.29 is 14.6 Å². The van der Waals surface area contributed by atoms with Gasteiger partial charge in [0.25, 0.3) is 0 Å². The molecule has 0 radical (unpaired) electrons. The zero-order valence-electron chi connectivity index (χ0n) is 10.8. The highest BCUT2D eigenvalue weighted by Gasteiger charge is 2.07. The monoisotopic (exact) mass is 256 g/mol. The van der Waals surface area contributed by atoms with Crippen LogP contribution in [0.2, 0.25) is 0 Å². The molecule has 0 unspecified atom stereocenters. The van der Waals surface area contributed by atoms with Crippen molar-refractivity contribution in [3.05, 3.63) is 59.7 Å². The fourth-order valence-electron chi connectivity index (χ4n) is 1.94. The third kappa shape index (κ3) is 3.01. The lowest BCUT2D eigenvalue weighted by Gasteiger charge is -2.09. The molecule has 3 nitrogen and oxygen atoms in total. The number of hydrogen-bond acceptors (Lipinski definition) is 3. The third-order valence-corrected chi connectivity index (χ3v) is 2.90. The Morgan fingerprint density at radius 3 is 2.74 bits per heavy atom. The SMILES string of the molecule is C=C(C)C(=O)OCc1cc(CO)c2ccccc2c1. The Morgan fingerprint density at radius 2 is 2.05 bits per heavy atom. The summed E-state index contributed by atoms with van der Waals surface area (Å²) in [6.45, 7) is 5.29. The highest BCUT2D eigenvalue weighted by molar-refractivity contribution is 5.88. The molecule has 0 saturated heterocycles. The quantitative estimate of drug-likeness (QED) is 0.675. The minimum Gasteiger partial charge on any atom is -0.457 e. The van der Waals surface area contributed by atoms with Gasteiger partial charge in [-0.2, -0.15) is 0 Å². The van der Waals surface area contributed by atoms with Gasteiger partial charge in [-0.25, -0.2) is 4.79 Å². The molecule has 1 N–H and O–H groups in total. The van der Waals surface area contributed by atoms with Gasteiger partial charge in [0.05, 0.1) is 6.61 Å². The topological polar surface area (TPSA) is 46.5 Å². The second-order valence-electron chi connectivity index (χ2n) is 4.49. The Hall–Kier alpha value is -2.13. The number of fused-ring (bicyclic) bond motifs is 1. The normalized spacial score (nSPS) is 10.4. The standard InChI is InChI=1S/C16H16O3/c1-11(2)16(18)19-10-12-7-13-5-3-4-6-15(13)14(8-12)9-17/h3-8,17H,1,9-10H2,2H3. The minimum atomic E-state index is -0.404. The molecule has 0 amide bonds. The van der Waals surface area contributed by atoms with Gasteiger partial charge in [-0.1, -0.05) is 30.8 Å². The van der Waals surface area contributed by atoms with Crippen LogP contribution in [0.3, 0.4) is 0 Å². The Labute approximate surface area is 112 Å². The molecule has 0 heterocycles. The van der Waals surface area contributed by atoms with Crippen molar-refractivity contribution in [2.45, 2.75) is 20.1 Å². The third-order valence-electron chi connectivity index (χ3n) is 2.90. The summed E-state index contributed by atoms with van der Waals surface area (Å²) >= 11 is 0. The molecule has 19 heavy (non-hydrogen) atoms. The molecule has 2 aromatic rings. The molecule has 0 aliphatic carbocycles. The number of rotatable bonds is 4. The highest BCUT2D eigenvalue weighted by atomic mass is 16.5. The molecule has 0 saturated carbocycles. The molecule has 0 bridgehead atoms. The second kappa shape index (κ2) is 5.67. The summed E-state index contributed by atoms with van der Waals surface area (Å²) in [5.41, 5.74) is 2.07. The Morgan fingerprint density at radius 1 is 1.32 bits per heavy atom. The largest absolute Gasteiger partial charge is 0.457 e. The van der Waals surface area contributed by atoms with Gasteiger partial charge < -0.3 is 9.84 Å². The fourth-order valence-corrected chi connectivity index (χ4v) is 1.94. The van der Waals surface area contributed by atoms with Gasteiger partial charge >= 0.3 is 5.97 Å². The molecular weight excluding hydrogens is 240 g/mol. The van der Waals surface area contributed by atoms with Crippen molar-refractivity contribution >= 4 is 16.7 Å². The van der Waals surface area contributed by atoms with Gasteiger partial charge in [-0.3, -0.25) is 0 Å². The summed E-state index contributed by atoms with van der Waals surface area (Å²) in [5.74, 6) is -0.404. The number of benzene rings is 2. The van der Waals surface area contributed by atoms with Gasteiger partial charge in [0, 0.05) is 5.57 Å². The van der Waals surface area contributed by atoms with Crippen molar-refractivity contribution in [2.24, 2.45) is 0 Å². The number of carbonyl (C=O) groups is 1. The van der Waals surface area contributed by atoms with Crippen LogP contribution in [0.15, 0.2) is 48.6 Å². The first-order valence-corrected chi connectivity index (χ1v) is 6.06. The van der Waals surface area contributed by atoms with E-state index in [1.54, 1.807) is 6.92 Å². The van der Waals surface area contributed by atoms with E-state index in [1.165, 1.54) is 0 Å². The molecule has 0 atom stereocenters. The Kier molecular flexibility index (Phi) is 3.97. The van der Waals surface area contributed by atoms with Crippen molar-refractivity contribution in [3.8, 4) is 0 Å². The van der Waals surface area contributed by atoms with Gasteiger partial charge in [0.15, 0.2) is 0 Å². The van der Waals surface area contributed by atoms with Crippen LogP contribution in [0.1, 0.15) is 18.1 Å². The molecule has 0 aliphatic heterocycles. The van der Waals surface area contributed by atoms with Gasteiger partial charge in [-0.15, -0.1) is 0 Å².